The fourth-order valence-electron chi connectivity index (χ4n) is 1.66. The molecule has 100 valence electrons. The van der Waals surface area contributed by atoms with Crippen molar-refractivity contribution in [2.45, 2.75) is 20.3 Å². The van der Waals surface area contributed by atoms with Gasteiger partial charge in [-0.2, -0.15) is 0 Å². The number of amides is 1. The van der Waals surface area contributed by atoms with Crippen LogP contribution in [0, 0.1) is 0 Å². The van der Waals surface area contributed by atoms with Crippen LogP contribution in [0.5, 0.6) is 0 Å². The molecular formula is C13H20ClN3O. The van der Waals surface area contributed by atoms with E-state index in [-0.39, 0.29) is 5.91 Å². The van der Waals surface area contributed by atoms with Gasteiger partial charge in [-0.25, -0.2) is 0 Å². The summed E-state index contributed by atoms with van der Waals surface area (Å²) < 4.78 is 0. The zero-order valence-electron chi connectivity index (χ0n) is 10.9. The van der Waals surface area contributed by atoms with Crippen LogP contribution in [0.15, 0.2) is 18.2 Å². The van der Waals surface area contributed by atoms with Crippen molar-refractivity contribution in [1.29, 1.82) is 0 Å². The van der Waals surface area contributed by atoms with Crippen molar-refractivity contribution in [3.63, 3.8) is 0 Å². The number of halogens is 1. The van der Waals surface area contributed by atoms with E-state index in [1.165, 1.54) is 0 Å². The summed E-state index contributed by atoms with van der Waals surface area (Å²) in [6.45, 7) is 6.82. The average Bonchev–Trinajstić information content (AvgIpc) is 2.34. The molecule has 1 amide bonds. The first kappa shape index (κ1) is 14.8. The molecule has 0 fully saturated rings. The molecule has 0 saturated carbocycles. The van der Waals surface area contributed by atoms with Gasteiger partial charge in [-0.3, -0.25) is 4.79 Å². The molecule has 0 aromatic heterocycles. The SMILES string of the molecule is CCN(CC)CCC(=O)Nc1ccc(Cl)cc1N. The highest BCUT2D eigenvalue weighted by Gasteiger charge is 2.07. The van der Waals surface area contributed by atoms with Gasteiger partial charge in [-0.1, -0.05) is 25.4 Å². The van der Waals surface area contributed by atoms with Gasteiger partial charge in [0, 0.05) is 18.0 Å². The van der Waals surface area contributed by atoms with Crippen molar-refractivity contribution in [3.05, 3.63) is 23.2 Å². The molecule has 0 bridgehead atoms. The molecule has 0 heterocycles. The Morgan fingerprint density at radius 2 is 2.06 bits per heavy atom. The molecule has 0 spiro atoms. The first-order valence-electron chi connectivity index (χ1n) is 6.14. The quantitative estimate of drug-likeness (QED) is 0.781. The smallest absolute Gasteiger partial charge is 0.225 e. The van der Waals surface area contributed by atoms with Crippen LogP contribution in [0.3, 0.4) is 0 Å². The highest BCUT2D eigenvalue weighted by atomic mass is 35.5. The van der Waals surface area contributed by atoms with Crippen molar-refractivity contribution < 1.29 is 4.79 Å². The van der Waals surface area contributed by atoms with Gasteiger partial charge in [-0.15, -0.1) is 0 Å². The van der Waals surface area contributed by atoms with Crippen LogP contribution >= 0.6 is 11.6 Å². The second-order valence-electron chi connectivity index (χ2n) is 4.06. The second-order valence-corrected chi connectivity index (χ2v) is 4.49. The Labute approximate surface area is 113 Å². The van der Waals surface area contributed by atoms with E-state index >= 15 is 0 Å². The van der Waals surface area contributed by atoms with E-state index in [0.717, 1.165) is 19.6 Å². The van der Waals surface area contributed by atoms with E-state index in [0.29, 0.717) is 22.8 Å². The minimum atomic E-state index is -0.0316. The maximum atomic E-state index is 11.8. The average molecular weight is 270 g/mol. The van der Waals surface area contributed by atoms with Crippen molar-refractivity contribution in [1.82, 2.24) is 4.90 Å². The van der Waals surface area contributed by atoms with Crippen molar-refractivity contribution in [2.75, 3.05) is 30.7 Å². The number of carbonyl (C=O) groups excluding carboxylic acids is 1. The lowest BCUT2D eigenvalue weighted by Crippen LogP contribution is -2.27. The molecule has 0 aliphatic carbocycles. The minimum Gasteiger partial charge on any atom is -0.397 e. The van der Waals surface area contributed by atoms with E-state index in [4.69, 9.17) is 17.3 Å². The summed E-state index contributed by atoms with van der Waals surface area (Å²) in [7, 11) is 0. The predicted molar refractivity (Wildman–Crippen MR) is 76.9 cm³/mol. The van der Waals surface area contributed by atoms with E-state index in [1.54, 1.807) is 18.2 Å². The predicted octanol–water partition coefficient (Wildman–Crippen LogP) is 2.59. The van der Waals surface area contributed by atoms with Crippen LogP contribution in [0.4, 0.5) is 11.4 Å². The molecule has 3 N–H and O–H groups in total. The first-order valence-corrected chi connectivity index (χ1v) is 6.51. The summed E-state index contributed by atoms with van der Waals surface area (Å²) in [6, 6.07) is 5.05. The summed E-state index contributed by atoms with van der Waals surface area (Å²) in [6.07, 6.45) is 0.462. The van der Waals surface area contributed by atoms with Crippen LogP contribution < -0.4 is 11.1 Å². The van der Waals surface area contributed by atoms with Gasteiger partial charge in [0.15, 0.2) is 0 Å². The van der Waals surface area contributed by atoms with Crippen molar-refractivity contribution in [2.24, 2.45) is 0 Å². The number of hydrogen-bond acceptors (Lipinski definition) is 3. The Morgan fingerprint density at radius 1 is 1.39 bits per heavy atom. The van der Waals surface area contributed by atoms with Crippen LogP contribution in [0.1, 0.15) is 20.3 Å². The maximum absolute atomic E-state index is 11.8. The zero-order chi connectivity index (χ0) is 13.5. The second kappa shape index (κ2) is 7.24. The highest BCUT2D eigenvalue weighted by Crippen LogP contribution is 2.22. The third-order valence-electron chi connectivity index (χ3n) is 2.84. The van der Waals surface area contributed by atoms with Crippen LogP contribution in [-0.4, -0.2) is 30.4 Å². The monoisotopic (exact) mass is 269 g/mol. The molecular weight excluding hydrogens is 250 g/mol. The zero-order valence-corrected chi connectivity index (χ0v) is 11.6. The van der Waals surface area contributed by atoms with Gasteiger partial charge in [0.1, 0.15) is 0 Å². The lowest BCUT2D eigenvalue weighted by Gasteiger charge is -2.17. The summed E-state index contributed by atoms with van der Waals surface area (Å²) in [5.41, 5.74) is 6.87. The molecule has 0 unspecified atom stereocenters. The summed E-state index contributed by atoms with van der Waals surface area (Å²) in [5, 5.41) is 3.36. The molecule has 0 saturated heterocycles. The van der Waals surface area contributed by atoms with Crippen LogP contribution in [-0.2, 0) is 4.79 Å². The van der Waals surface area contributed by atoms with Gasteiger partial charge in [0.05, 0.1) is 11.4 Å². The van der Waals surface area contributed by atoms with E-state index in [2.05, 4.69) is 24.1 Å². The Hall–Kier alpha value is -1.26. The molecule has 18 heavy (non-hydrogen) atoms. The Kier molecular flexibility index (Phi) is 5.95. The molecule has 0 atom stereocenters. The van der Waals surface area contributed by atoms with Crippen molar-refractivity contribution in [3.8, 4) is 0 Å². The van der Waals surface area contributed by atoms with Gasteiger partial charge < -0.3 is 16.0 Å². The number of rotatable bonds is 6. The summed E-state index contributed by atoms with van der Waals surface area (Å²) >= 11 is 5.79. The summed E-state index contributed by atoms with van der Waals surface area (Å²) in [5.74, 6) is -0.0316. The topological polar surface area (TPSA) is 58.4 Å². The van der Waals surface area contributed by atoms with Gasteiger partial charge >= 0.3 is 0 Å². The number of nitrogens with two attached hydrogens (primary N) is 1. The molecule has 1 aromatic carbocycles. The van der Waals surface area contributed by atoms with E-state index < -0.39 is 0 Å². The fourth-order valence-corrected chi connectivity index (χ4v) is 1.84. The summed E-state index contributed by atoms with van der Waals surface area (Å²) in [4.78, 5) is 14.0. The molecule has 4 nitrogen and oxygen atoms in total. The Balaban J connectivity index is 2.49. The number of benzene rings is 1. The Morgan fingerprint density at radius 3 is 2.61 bits per heavy atom. The minimum absolute atomic E-state index is 0.0316. The maximum Gasteiger partial charge on any atom is 0.225 e. The fraction of sp³-hybridized carbons (Fsp3) is 0.462. The number of hydrogen-bond donors (Lipinski definition) is 2. The van der Waals surface area contributed by atoms with Crippen LogP contribution in [0.25, 0.3) is 0 Å². The van der Waals surface area contributed by atoms with Crippen molar-refractivity contribution >= 4 is 28.9 Å². The first-order chi connectivity index (χ1) is 8.56. The normalized spacial score (nSPS) is 10.7. The molecule has 1 aromatic rings. The van der Waals surface area contributed by atoms with Gasteiger partial charge in [0.25, 0.3) is 0 Å². The third-order valence-corrected chi connectivity index (χ3v) is 3.07. The molecule has 0 aliphatic rings. The van der Waals surface area contributed by atoms with Gasteiger partial charge in [-0.05, 0) is 31.3 Å². The third kappa shape index (κ3) is 4.55. The van der Waals surface area contributed by atoms with E-state index in [9.17, 15) is 4.79 Å². The lowest BCUT2D eigenvalue weighted by atomic mass is 10.2. The lowest BCUT2D eigenvalue weighted by molar-refractivity contribution is -0.116. The molecule has 1 rings (SSSR count). The molecule has 0 radical (unpaired) electrons. The largest absolute Gasteiger partial charge is 0.397 e. The Bertz CT molecular complexity index is 405. The number of nitrogen functional groups attached to an aromatic ring is 1. The van der Waals surface area contributed by atoms with E-state index in [1.807, 2.05) is 0 Å². The number of anilines is 2. The standard InChI is InChI=1S/C13H20ClN3O/c1-3-17(4-2)8-7-13(18)16-12-6-5-10(14)9-11(12)15/h5-6,9H,3-4,7-8,15H2,1-2H3,(H,16,18). The highest BCUT2D eigenvalue weighted by molar-refractivity contribution is 6.31. The number of nitrogens with one attached hydrogen (secondary N) is 1. The molecule has 5 heteroatoms. The van der Waals surface area contributed by atoms with Crippen LogP contribution in [0.2, 0.25) is 5.02 Å². The van der Waals surface area contributed by atoms with Gasteiger partial charge in [0.2, 0.25) is 5.91 Å². The molecule has 0 aliphatic heterocycles. The number of carbonyl (C=O) groups is 1. The number of nitrogens with zero attached hydrogens (tertiary/aromatic N) is 1.